The zero-order chi connectivity index (χ0) is 20.7. The Morgan fingerprint density at radius 3 is 2.50 bits per heavy atom. The summed E-state index contributed by atoms with van der Waals surface area (Å²) in [6.45, 7) is 16.1. The van der Waals surface area contributed by atoms with Gasteiger partial charge in [0.15, 0.2) is 5.96 Å². The molecule has 2 fully saturated rings. The average molecular weight is 398 g/mol. The number of ether oxygens (including phenoxy) is 2. The molecule has 0 bridgehead atoms. The SMILES string of the molecule is CN=C(NCC(NC(=O)OC(C)(C)C)C(C)C)N1CCC(N2CCOCC2)C1. The number of amides is 1. The first kappa shape index (κ1) is 22.7. The Bertz CT molecular complexity index is 526. The van der Waals surface area contributed by atoms with E-state index in [9.17, 15) is 4.79 Å². The van der Waals surface area contributed by atoms with E-state index < -0.39 is 5.60 Å². The highest BCUT2D eigenvalue weighted by Gasteiger charge is 2.30. The monoisotopic (exact) mass is 397 g/mol. The molecule has 8 nitrogen and oxygen atoms in total. The lowest BCUT2D eigenvalue weighted by Gasteiger charge is -2.32. The van der Waals surface area contributed by atoms with E-state index in [2.05, 4.69) is 39.3 Å². The van der Waals surface area contributed by atoms with E-state index in [1.54, 1.807) is 0 Å². The standard InChI is InChI=1S/C20H39N5O3/c1-15(2)17(23-19(26)28-20(3,4)5)13-22-18(21-6)25-8-7-16(14-25)24-9-11-27-12-10-24/h15-17H,7-14H2,1-6H3,(H,21,22)(H,23,26). The number of likely N-dealkylation sites (tertiary alicyclic amines) is 1. The maximum Gasteiger partial charge on any atom is 0.407 e. The van der Waals surface area contributed by atoms with Gasteiger partial charge in [0.2, 0.25) is 0 Å². The summed E-state index contributed by atoms with van der Waals surface area (Å²) < 4.78 is 10.9. The minimum Gasteiger partial charge on any atom is -0.444 e. The summed E-state index contributed by atoms with van der Waals surface area (Å²) in [5.41, 5.74) is -0.501. The molecular weight excluding hydrogens is 358 g/mol. The van der Waals surface area contributed by atoms with Crippen molar-refractivity contribution in [2.24, 2.45) is 10.9 Å². The Labute approximate surface area is 170 Å². The largest absolute Gasteiger partial charge is 0.444 e. The highest BCUT2D eigenvalue weighted by Crippen LogP contribution is 2.17. The number of carbonyl (C=O) groups is 1. The Morgan fingerprint density at radius 2 is 1.93 bits per heavy atom. The van der Waals surface area contributed by atoms with E-state index in [1.165, 1.54) is 0 Å². The molecule has 0 aliphatic carbocycles. The topological polar surface area (TPSA) is 78.4 Å². The van der Waals surface area contributed by atoms with Crippen LogP contribution in [0.15, 0.2) is 4.99 Å². The summed E-state index contributed by atoms with van der Waals surface area (Å²) in [5, 5.41) is 6.43. The molecule has 2 unspecified atom stereocenters. The van der Waals surface area contributed by atoms with Crippen molar-refractivity contribution in [2.75, 3.05) is 53.0 Å². The fourth-order valence-corrected chi connectivity index (χ4v) is 3.62. The number of nitrogens with zero attached hydrogens (tertiary/aromatic N) is 3. The Balaban J connectivity index is 1.84. The summed E-state index contributed by atoms with van der Waals surface area (Å²) >= 11 is 0. The quantitative estimate of drug-likeness (QED) is 0.541. The predicted octanol–water partition coefficient (Wildman–Crippen LogP) is 1.52. The summed E-state index contributed by atoms with van der Waals surface area (Å²) in [7, 11) is 1.82. The third kappa shape index (κ3) is 7.13. The maximum atomic E-state index is 12.1. The first-order chi connectivity index (χ1) is 13.2. The van der Waals surface area contributed by atoms with E-state index in [-0.39, 0.29) is 18.1 Å². The van der Waals surface area contributed by atoms with Crippen molar-refractivity contribution in [3.63, 3.8) is 0 Å². The smallest absolute Gasteiger partial charge is 0.407 e. The molecule has 2 rings (SSSR count). The van der Waals surface area contributed by atoms with Crippen LogP contribution in [-0.4, -0.2) is 92.5 Å². The van der Waals surface area contributed by atoms with Crippen molar-refractivity contribution in [3.05, 3.63) is 0 Å². The van der Waals surface area contributed by atoms with Crippen molar-refractivity contribution < 1.29 is 14.3 Å². The van der Waals surface area contributed by atoms with Gasteiger partial charge < -0.3 is 25.0 Å². The Kier molecular flexibility index (Phi) is 8.37. The molecule has 2 heterocycles. The number of nitrogens with one attached hydrogen (secondary N) is 2. The summed E-state index contributed by atoms with van der Waals surface area (Å²) in [6, 6.07) is 0.521. The van der Waals surface area contributed by atoms with Crippen LogP contribution in [0.4, 0.5) is 4.79 Å². The van der Waals surface area contributed by atoms with Gasteiger partial charge >= 0.3 is 6.09 Å². The summed E-state index contributed by atoms with van der Waals surface area (Å²) in [4.78, 5) is 21.4. The number of guanidine groups is 1. The highest BCUT2D eigenvalue weighted by atomic mass is 16.6. The number of hydrogen-bond donors (Lipinski definition) is 2. The molecule has 0 spiro atoms. The van der Waals surface area contributed by atoms with Crippen LogP contribution in [0.1, 0.15) is 41.0 Å². The Hall–Kier alpha value is -1.54. The summed E-state index contributed by atoms with van der Waals surface area (Å²) in [6.07, 6.45) is 0.765. The normalized spacial score (nSPS) is 23.0. The molecule has 8 heteroatoms. The van der Waals surface area contributed by atoms with Gasteiger partial charge in [0.1, 0.15) is 5.60 Å². The van der Waals surface area contributed by atoms with Crippen LogP contribution in [0.2, 0.25) is 0 Å². The minimum absolute atomic E-state index is 0.0377. The number of hydrogen-bond acceptors (Lipinski definition) is 5. The molecule has 0 aromatic heterocycles. The molecule has 2 aliphatic heterocycles. The van der Waals surface area contributed by atoms with Crippen molar-refractivity contribution in [2.45, 2.75) is 58.7 Å². The van der Waals surface area contributed by atoms with Gasteiger partial charge in [-0.2, -0.15) is 0 Å². The number of aliphatic imine (C=N–C) groups is 1. The van der Waals surface area contributed by atoms with Crippen LogP contribution >= 0.6 is 0 Å². The fraction of sp³-hybridized carbons (Fsp3) is 0.900. The van der Waals surface area contributed by atoms with Gasteiger partial charge in [0.05, 0.1) is 19.3 Å². The van der Waals surface area contributed by atoms with E-state index in [0.717, 1.165) is 51.8 Å². The van der Waals surface area contributed by atoms with E-state index in [0.29, 0.717) is 12.6 Å². The molecule has 1 amide bonds. The van der Waals surface area contributed by atoms with Crippen molar-refractivity contribution >= 4 is 12.1 Å². The number of carbonyl (C=O) groups excluding carboxylic acids is 1. The first-order valence-corrected chi connectivity index (χ1v) is 10.5. The number of alkyl carbamates (subject to hydrolysis) is 1. The number of morpholine rings is 1. The minimum atomic E-state index is -0.501. The van der Waals surface area contributed by atoms with Gasteiger partial charge in [-0.3, -0.25) is 9.89 Å². The lowest BCUT2D eigenvalue weighted by molar-refractivity contribution is 0.0194. The highest BCUT2D eigenvalue weighted by molar-refractivity contribution is 5.80. The second-order valence-corrected chi connectivity index (χ2v) is 8.96. The molecule has 0 aromatic carbocycles. The molecule has 0 saturated carbocycles. The van der Waals surface area contributed by atoms with Crippen LogP contribution < -0.4 is 10.6 Å². The molecule has 0 aromatic rings. The van der Waals surface area contributed by atoms with Gasteiger partial charge in [0, 0.05) is 45.8 Å². The molecule has 0 radical (unpaired) electrons. The van der Waals surface area contributed by atoms with Crippen LogP contribution in [0.25, 0.3) is 0 Å². The molecule has 28 heavy (non-hydrogen) atoms. The zero-order valence-electron chi connectivity index (χ0n) is 18.5. The predicted molar refractivity (Wildman–Crippen MR) is 112 cm³/mol. The van der Waals surface area contributed by atoms with Crippen molar-refractivity contribution in [1.29, 1.82) is 0 Å². The van der Waals surface area contributed by atoms with Crippen molar-refractivity contribution in [3.8, 4) is 0 Å². The Morgan fingerprint density at radius 1 is 1.25 bits per heavy atom. The second kappa shape index (κ2) is 10.3. The van der Waals surface area contributed by atoms with Gasteiger partial charge in [-0.05, 0) is 33.1 Å². The van der Waals surface area contributed by atoms with Gasteiger partial charge in [0.25, 0.3) is 0 Å². The molecule has 2 N–H and O–H groups in total. The molecule has 162 valence electrons. The lowest BCUT2D eigenvalue weighted by Crippen LogP contribution is -2.51. The average Bonchev–Trinajstić information content (AvgIpc) is 3.10. The van der Waals surface area contributed by atoms with Gasteiger partial charge in [-0.15, -0.1) is 0 Å². The van der Waals surface area contributed by atoms with E-state index >= 15 is 0 Å². The van der Waals surface area contributed by atoms with Crippen LogP contribution in [0.3, 0.4) is 0 Å². The van der Waals surface area contributed by atoms with Crippen LogP contribution in [0.5, 0.6) is 0 Å². The number of rotatable bonds is 5. The first-order valence-electron chi connectivity index (χ1n) is 10.5. The third-order valence-electron chi connectivity index (χ3n) is 5.22. The van der Waals surface area contributed by atoms with Crippen molar-refractivity contribution in [1.82, 2.24) is 20.4 Å². The molecular formula is C20H39N5O3. The van der Waals surface area contributed by atoms with E-state index in [4.69, 9.17) is 9.47 Å². The zero-order valence-corrected chi connectivity index (χ0v) is 18.5. The molecule has 2 atom stereocenters. The third-order valence-corrected chi connectivity index (χ3v) is 5.22. The summed E-state index contributed by atoms with van der Waals surface area (Å²) in [5.74, 6) is 1.17. The van der Waals surface area contributed by atoms with Crippen LogP contribution in [-0.2, 0) is 9.47 Å². The van der Waals surface area contributed by atoms with Gasteiger partial charge in [-0.1, -0.05) is 13.8 Å². The molecule has 2 aliphatic rings. The lowest BCUT2D eigenvalue weighted by atomic mass is 10.0. The molecule has 2 saturated heterocycles. The second-order valence-electron chi connectivity index (χ2n) is 8.96. The van der Waals surface area contributed by atoms with E-state index in [1.807, 2.05) is 27.8 Å². The fourth-order valence-electron chi connectivity index (χ4n) is 3.62. The van der Waals surface area contributed by atoms with Gasteiger partial charge in [-0.25, -0.2) is 4.79 Å². The maximum absolute atomic E-state index is 12.1. The van der Waals surface area contributed by atoms with Crippen LogP contribution in [0, 0.1) is 5.92 Å².